The second-order valence-electron chi connectivity index (χ2n) is 5.33. The van der Waals surface area contributed by atoms with E-state index in [0.717, 1.165) is 16.8 Å². The smallest absolute Gasteiger partial charge is 0.436 e. The molecule has 2 aromatic carbocycles. The first kappa shape index (κ1) is 18.8. The van der Waals surface area contributed by atoms with E-state index in [4.69, 9.17) is 0 Å². The highest BCUT2D eigenvalue weighted by Gasteiger charge is 2.40. The zero-order valence-corrected chi connectivity index (χ0v) is 14.0. The van der Waals surface area contributed by atoms with Gasteiger partial charge in [0.1, 0.15) is 17.4 Å². The first-order valence-corrected chi connectivity index (χ1v) is 8.36. The first-order valence-electron chi connectivity index (χ1n) is 7.28. The van der Waals surface area contributed by atoms with E-state index in [0.29, 0.717) is 0 Å². The summed E-state index contributed by atoms with van der Waals surface area (Å²) in [6, 6.07) is 10.9. The summed E-state index contributed by atoms with van der Waals surface area (Å²) in [7, 11) is 0. The molecule has 0 spiro atoms. The minimum absolute atomic E-state index is 0.0641. The second kappa shape index (κ2) is 6.94. The topological polar surface area (TPSA) is 81.7 Å². The van der Waals surface area contributed by atoms with Crippen LogP contribution in [-0.2, 0) is 17.3 Å². The summed E-state index contributed by atoms with van der Waals surface area (Å²) in [5.41, 5.74) is -2.03. The molecular formula is C17H8F4N3O2S-. The van der Waals surface area contributed by atoms with E-state index in [1.54, 1.807) is 0 Å². The maximum Gasteiger partial charge on any atom is 0.436 e. The first-order chi connectivity index (χ1) is 12.7. The third-order valence-electron chi connectivity index (χ3n) is 3.66. The van der Waals surface area contributed by atoms with Crippen LogP contribution in [-0.4, -0.2) is 18.5 Å². The van der Waals surface area contributed by atoms with Gasteiger partial charge in [-0.3, -0.25) is 4.21 Å². The van der Waals surface area contributed by atoms with Crippen molar-refractivity contribution in [1.82, 2.24) is 9.78 Å². The van der Waals surface area contributed by atoms with Gasteiger partial charge in [0, 0.05) is 10.5 Å². The normalized spacial score (nSPS) is 12.6. The molecule has 0 fully saturated rings. The number of hydrogen-bond acceptors (Lipinski definition) is 4. The molecule has 3 aromatic rings. The summed E-state index contributed by atoms with van der Waals surface area (Å²) in [4.78, 5) is -0.0641. The Balaban J connectivity index is 2.29. The predicted octanol–water partition coefficient (Wildman–Crippen LogP) is 3.81. The van der Waals surface area contributed by atoms with Crippen molar-refractivity contribution in [3.8, 4) is 23.0 Å². The molecule has 1 heterocycles. The van der Waals surface area contributed by atoms with Crippen LogP contribution in [0.2, 0.25) is 0 Å². The Morgan fingerprint density at radius 1 is 1.07 bits per heavy atom. The maximum absolute atomic E-state index is 13.3. The van der Waals surface area contributed by atoms with Crippen molar-refractivity contribution in [1.29, 1.82) is 5.26 Å². The van der Waals surface area contributed by atoms with Crippen molar-refractivity contribution in [2.45, 2.75) is 11.1 Å². The van der Waals surface area contributed by atoms with Crippen molar-refractivity contribution in [2.24, 2.45) is 0 Å². The fourth-order valence-corrected chi connectivity index (χ4v) is 2.84. The van der Waals surface area contributed by atoms with Crippen LogP contribution in [0, 0.1) is 17.1 Å². The number of halogens is 4. The number of aromatic nitrogens is 2. The number of nitrogens with zero attached hydrogens (tertiary/aromatic N) is 3. The summed E-state index contributed by atoms with van der Waals surface area (Å²) in [5, 5.41) is 12.8. The molecule has 0 saturated carbocycles. The van der Waals surface area contributed by atoms with Gasteiger partial charge in [-0.1, -0.05) is 0 Å². The van der Waals surface area contributed by atoms with E-state index < -0.39 is 34.3 Å². The maximum atomic E-state index is 13.3. The van der Waals surface area contributed by atoms with Gasteiger partial charge in [0.2, 0.25) is 0 Å². The lowest BCUT2D eigenvalue weighted by Gasteiger charge is -2.10. The van der Waals surface area contributed by atoms with E-state index >= 15 is 0 Å². The summed E-state index contributed by atoms with van der Waals surface area (Å²) < 4.78 is 76.0. The van der Waals surface area contributed by atoms with Crippen LogP contribution in [0.25, 0.3) is 16.9 Å². The second-order valence-corrected chi connectivity index (χ2v) is 6.27. The summed E-state index contributed by atoms with van der Waals surface area (Å²) >= 11 is -2.51. The molecule has 1 aromatic heterocycles. The zero-order chi connectivity index (χ0) is 19.8. The standard InChI is InChI=1S/C17H9F4N3O2S/c18-11-3-1-10(2-4-11)15-14(9-22)16(17(19,20)21)23-24(15)12-5-7-13(8-6-12)27(25)26/h1-8H,(H,25,26)/p-1. The highest BCUT2D eigenvalue weighted by atomic mass is 32.2. The number of nitriles is 1. The molecule has 1 atom stereocenters. The van der Waals surface area contributed by atoms with Crippen LogP contribution in [0.1, 0.15) is 11.3 Å². The highest BCUT2D eigenvalue weighted by Crippen LogP contribution is 2.37. The minimum atomic E-state index is -4.89. The predicted molar refractivity (Wildman–Crippen MR) is 85.9 cm³/mol. The van der Waals surface area contributed by atoms with E-state index in [1.165, 1.54) is 42.5 Å². The van der Waals surface area contributed by atoms with Gasteiger partial charge in [0.15, 0.2) is 5.69 Å². The minimum Gasteiger partial charge on any atom is -0.768 e. The lowest BCUT2D eigenvalue weighted by Crippen LogP contribution is -2.08. The van der Waals surface area contributed by atoms with E-state index in [9.17, 15) is 31.6 Å². The molecule has 138 valence electrons. The molecule has 0 bridgehead atoms. The van der Waals surface area contributed by atoms with Crippen LogP contribution in [0.5, 0.6) is 0 Å². The van der Waals surface area contributed by atoms with Crippen LogP contribution >= 0.6 is 0 Å². The van der Waals surface area contributed by atoms with Gasteiger partial charge in [-0.25, -0.2) is 9.07 Å². The molecule has 1 unspecified atom stereocenters. The number of benzene rings is 2. The third-order valence-corrected chi connectivity index (χ3v) is 4.31. The average Bonchev–Trinajstić information content (AvgIpc) is 3.02. The molecule has 10 heteroatoms. The Bertz CT molecular complexity index is 1050. The Labute approximate surface area is 152 Å². The van der Waals surface area contributed by atoms with Crippen molar-refractivity contribution in [2.75, 3.05) is 0 Å². The fourth-order valence-electron chi connectivity index (χ4n) is 2.48. The van der Waals surface area contributed by atoms with Gasteiger partial charge in [-0.15, -0.1) is 0 Å². The molecule has 0 saturated heterocycles. The molecule has 0 aliphatic rings. The molecule has 5 nitrogen and oxygen atoms in total. The lowest BCUT2D eigenvalue weighted by atomic mass is 10.1. The molecular weight excluding hydrogens is 386 g/mol. The Morgan fingerprint density at radius 2 is 1.67 bits per heavy atom. The molecule has 0 aliphatic heterocycles. The molecule has 0 N–H and O–H groups in total. The molecule has 0 amide bonds. The van der Waals surface area contributed by atoms with Crippen LogP contribution in [0.15, 0.2) is 53.4 Å². The van der Waals surface area contributed by atoms with E-state index in [1.807, 2.05) is 0 Å². The summed E-state index contributed by atoms with van der Waals surface area (Å²) in [6.07, 6.45) is -4.89. The van der Waals surface area contributed by atoms with Gasteiger partial charge >= 0.3 is 6.18 Å². The van der Waals surface area contributed by atoms with Gasteiger partial charge in [0.05, 0.1) is 11.4 Å². The largest absolute Gasteiger partial charge is 0.768 e. The zero-order valence-electron chi connectivity index (χ0n) is 13.2. The highest BCUT2D eigenvalue weighted by molar-refractivity contribution is 7.79. The van der Waals surface area contributed by atoms with Crippen molar-refractivity contribution in [3.05, 3.63) is 65.6 Å². The quantitative estimate of drug-likeness (QED) is 0.500. The Kier molecular flexibility index (Phi) is 4.82. The molecule has 27 heavy (non-hydrogen) atoms. The van der Waals surface area contributed by atoms with Crippen molar-refractivity contribution >= 4 is 11.1 Å². The fraction of sp³-hybridized carbons (Fsp3) is 0.0588. The van der Waals surface area contributed by atoms with Crippen LogP contribution < -0.4 is 0 Å². The van der Waals surface area contributed by atoms with E-state index in [2.05, 4.69) is 5.10 Å². The van der Waals surface area contributed by atoms with Crippen molar-refractivity contribution < 1.29 is 26.3 Å². The molecule has 3 rings (SSSR count). The van der Waals surface area contributed by atoms with Gasteiger partial charge < -0.3 is 4.55 Å². The van der Waals surface area contributed by atoms with Gasteiger partial charge in [-0.05, 0) is 59.6 Å². The number of alkyl halides is 3. The average molecular weight is 394 g/mol. The third kappa shape index (κ3) is 3.60. The van der Waals surface area contributed by atoms with E-state index in [-0.39, 0.29) is 21.8 Å². The lowest BCUT2D eigenvalue weighted by molar-refractivity contribution is -0.141. The SMILES string of the molecule is N#Cc1c(C(F)(F)F)nn(-c2ccc(S(=O)[O-])cc2)c1-c1ccc(F)cc1. The van der Waals surface area contributed by atoms with Crippen LogP contribution in [0.3, 0.4) is 0 Å². The summed E-state index contributed by atoms with van der Waals surface area (Å²) in [5.74, 6) is -0.596. The summed E-state index contributed by atoms with van der Waals surface area (Å²) in [6.45, 7) is 0. The molecule has 0 radical (unpaired) electrons. The Morgan fingerprint density at radius 3 is 2.15 bits per heavy atom. The van der Waals surface area contributed by atoms with Crippen molar-refractivity contribution in [3.63, 3.8) is 0 Å². The van der Waals surface area contributed by atoms with Crippen LogP contribution in [0.4, 0.5) is 17.6 Å². The Hall–Kier alpha value is -3.03. The van der Waals surface area contributed by atoms with Gasteiger partial charge in [0.25, 0.3) is 0 Å². The van der Waals surface area contributed by atoms with Gasteiger partial charge in [-0.2, -0.15) is 23.5 Å². The molecule has 0 aliphatic carbocycles. The number of rotatable bonds is 3. The number of hydrogen-bond donors (Lipinski definition) is 0. The monoisotopic (exact) mass is 394 g/mol.